The van der Waals surface area contributed by atoms with E-state index in [1.807, 2.05) is 11.3 Å². The number of nitrogens with zero attached hydrogens (tertiary/aromatic N) is 1. The van der Waals surface area contributed by atoms with Gasteiger partial charge in [0.05, 0.1) is 10.7 Å². The lowest BCUT2D eigenvalue weighted by molar-refractivity contribution is 0.643. The van der Waals surface area contributed by atoms with E-state index < -0.39 is 0 Å². The van der Waals surface area contributed by atoms with E-state index in [-0.39, 0.29) is 0 Å². The Bertz CT molecular complexity index is 218. The average molecular weight is 154 g/mol. The molecule has 0 saturated carbocycles. The Kier molecular flexibility index (Phi) is 1.47. The number of nitrogens with one attached hydrogen (secondary N) is 1. The third-order valence-electron chi connectivity index (χ3n) is 1.71. The highest BCUT2D eigenvalue weighted by molar-refractivity contribution is 7.11. The van der Waals surface area contributed by atoms with E-state index in [9.17, 15) is 0 Å². The van der Waals surface area contributed by atoms with Crippen molar-refractivity contribution in [3.05, 3.63) is 15.6 Å². The van der Waals surface area contributed by atoms with Gasteiger partial charge in [-0.1, -0.05) is 0 Å². The van der Waals surface area contributed by atoms with Gasteiger partial charge >= 0.3 is 0 Å². The first kappa shape index (κ1) is 6.31. The summed E-state index contributed by atoms with van der Waals surface area (Å²) in [5, 5.41) is 4.53. The fourth-order valence-corrected chi connectivity index (χ4v) is 2.21. The molecule has 0 atom stereocenters. The lowest BCUT2D eigenvalue weighted by Crippen LogP contribution is -2.22. The van der Waals surface area contributed by atoms with Crippen LogP contribution in [0.5, 0.6) is 0 Å². The van der Waals surface area contributed by atoms with Gasteiger partial charge in [0.1, 0.15) is 0 Å². The van der Waals surface area contributed by atoms with E-state index in [2.05, 4.69) is 17.2 Å². The average Bonchev–Trinajstić information content (AvgIpc) is 2.27. The Morgan fingerprint density at radius 3 is 3.30 bits per heavy atom. The van der Waals surface area contributed by atoms with Crippen molar-refractivity contribution in [2.24, 2.45) is 0 Å². The first-order valence-electron chi connectivity index (χ1n) is 3.52. The molecular formula is C7H10N2S. The maximum Gasteiger partial charge on any atom is 0.0900 e. The maximum atomic E-state index is 4.43. The van der Waals surface area contributed by atoms with E-state index in [4.69, 9.17) is 0 Å². The Balaban J connectivity index is 2.41. The third-order valence-corrected chi connectivity index (χ3v) is 2.72. The van der Waals surface area contributed by atoms with E-state index in [0.29, 0.717) is 0 Å². The predicted octanol–water partition coefficient (Wildman–Crippen LogP) is 1.10. The Morgan fingerprint density at radius 2 is 2.50 bits per heavy atom. The molecule has 2 heterocycles. The topological polar surface area (TPSA) is 24.9 Å². The molecule has 2 nitrogen and oxygen atoms in total. The highest BCUT2D eigenvalue weighted by Gasteiger charge is 2.11. The molecule has 1 aromatic rings. The van der Waals surface area contributed by atoms with Crippen LogP contribution in [0, 0.1) is 6.92 Å². The zero-order valence-electron chi connectivity index (χ0n) is 5.98. The van der Waals surface area contributed by atoms with Gasteiger partial charge < -0.3 is 5.32 Å². The maximum absolute atomic E-state index is 4.43. The summed E-state index contributed by atoms with van der Waals surface area (Å²) in [6.45, 7) is 4.19. The van der Waals surface area contributed by atoms with Crippen molar-refractivity contribution in [1.29, 1.82) is 0 Å². The van der Waals surface area contributed by atoms with Gasteiger partial charge in [-0.3, -0.25) is 0 Å². The molecule has 0 saturated heterocycles. The minimum absolute atomic E-state index is 1.03. The molecule has 1 N–H and O–H groups in total. The largest absolute Gasteiger partial charge is 0.311 e. The molecule has 0 amide bonds. The van der Waals surface area contributed by atoms with Crippen LogP contribution in [0.3, 0.4) is 0 Å². The number of aromatic nitrogens is 1. The van der Waals surface area contributed by atoms with Gasteiger partial charge in [-0.15, -0.1) is 11.3 Å². The van der Waals surface area contributed by atoms with E-state index in [0.717, 1.165) is 19.5 Å². The lowest BCUT2D eigenvalue weighted by Gasteiger charge is -2.09. The zero-order valence-corrected chi connectivity index (χ0v) is 6.79. The van der Waals surface area contributed by atoms with Crippen LogP contribution >= 0.6 is 11.3 Å². The quantitative estimate of drug-likeness (QED) is 0.605. The molecule has 1 aromatic heterocycles. The number of hydrogen-bond donors (Lipinski definition) is 1. The fraction of sp³-hybridized carbons (Fsp3) is 0.571. The van der Waals surface area contributed by atoms with Crippen molar-refractivity contribution in [3.8, 4) is 0 Å². The van der Waals surface area contributed by atoms with Gasteiger partial charge in [0.25, 0.3) is 0 Å². The summed E-state index contributed by atoms with van der Waals surface area (Å²) in [6, 6.07) is 0. The second-order valence-corrected chi connectivity index (χ2v) is 3.82. The molecule has 0 aliphatic carbocycles. The summed E-state index contributed by atoms with van der Waals surface area (Å²) in [4.78, 5) is 5.86. The van der Waals surface area contributed by atoms with E-state index in [1.54, 1.807) is 0 Å². The molecule has 0 unspecified atom stereocenters. The number of hydrogen-bond acceptors (Lipinski definition) is 3. The van der Waals surface area contributed by atoms with Crippen LogP contribution in [0.25, 0.3) is 0 Å². The normalized spacial score (nSPS) is 16.9. The van der Waals surface area contributed by atoms with Gasteiger partial charge in [0.15, 0.2) is 0 Å². The van der Waals surface area contributed by atoms with Gasteiger partial charge in [-0.25, -0.2) is 4.98 Å². The molecule has 0 fully saturated rings. The number of thiazole rings is 1. The highest BCUT2D eigenvalue weighted by Crippen LogP contribution is 2.20. The monoisotopic (exact) mass is 154 g/mol. The molecular weight excluding hydrogens is 144 g/mol. The fourth-order valence-electron chi connectivity index (χ4n) is 1.25. The van der Waals surface area contributed by atoms with Crippen LogP contribution in [0.15, 0.2) is 0 Å². The standard InChI is InChI=1S/C7H10N2S/c1-5-9-6-2-3-8-4-7(6)10-5/h8H,2-4H2,1H3. The van der Waals surface area contributed by atoms with Crippen molar-refractivity contribution < 1.29 is 0 Å². The summed E-state index contributed by atoms with van der Waals surface area (Å²) in [6.07, 6.45) is 1.11. The van der Waals surface area contributed by atoms with Crippen LogP contribution in [-0.4, -0.2) is 11.5 Å². The number of fused-ring (bicyclic) bond motifs is 1. The van der Waals surface area contributed by atoms with Crippen molar-refractivity contribution >= 4 is 11.3 Å². The van der Waals surface area contributed by atoms with Gasteiger partial charge in [-0.05, 0) is 6.92 Å². The van der Waals surface area contributed by atoms with Crippen LogP contribution in [0.4, 0.5) is 0 Å². The number of aryl methyl sites for hydroxylation is 1. The molecule has 10 heavy (non-hydrogen) atoms. The Labute approximate surface area is 64.3 Å². The molecule has 1 aliphatic rings. The lowest BCUT2D eigenvalue weighted by atomic mass is 10.2. The summed E-state index contributed by atoms with van der Waals surface area (Å²) in [5.41, 5.74) is 1.32. The molecule has 0 spiro atoms. The first-order chi connectivity index (χ1) is 4.86. The smallest absolute Gasteiger partial charge is 0.0900 e. The van der Waals surface area contributed by atoms with E-state index >= 15 is 0 Å². The van der Waals surface area contributed by atoms with Gasteiger partial charge in [-0.2, -0.15) is 0 Å². The Morgan fingerprint density at radius 1 is 1.60 bits per heavy atom. The third kappa shape index (κ3) is 0.954. The van der Waals surface area contributed by atoms with E-state index in [1.165, 1.54) is 15.6 Å². The predicted molar refractivity (Wildman–Crippen MR) is 42.3 cm³/mol. The molecule has 1 aliphatic heterocycles. The minimum Gasteiger partial charge on any atom is -0.311 e. The molecule has 0 bridgehead atoms. The molecule has 0 aromatic carbocycles. The molecule has 0 radical (unpaired) electrons. The first-order valence-corrected chi connectivity index (χ1v) is 4.34. The second kappa shape index (κ2) is 2.32. The van der Waals surface area contributed by atoms with Crippen molar-refractivity contribution in [3.63, 3.8) is 0 Å². The zero-order chi connectivity index (χ0) is 6.97. The van der Waals surface area contributed by atoms with Crippen LogP contribution < -0.4 is 5.32 Å². The molecule has 3 heteroatoms. The Hall–Kier alpha value is -0.410. The number of rotatable bonds is 0. The molecule has 54 valence electrons. The molecule has 2 rings (SSSR count). The summed E-state index contributed by atoms with van der Waals surface area (Å²) >= 11 is 1.82. The SMILES string of the molecule is Cc1nc2c(s1)CNCC2. The van der Waals surface area contributed by atoms with Gasteiger partial charge in [0, 0.05) is 24.4 Å². The summed E-state index contributed by atoms with van der Waals surface area (Å²) in [5.74, 6) is 0. The second-order valence-electron chi connectivity index (χ2n) is 2.53. The van der Waals surface area contributed by atoms with Crippen molar-refractivity contribution in [1.82, 2.24) is 10.3 Å². The summed E-state index contributed by atoms with van der Waals surface area (Å²) in [7, 11) is 0. The summed E-state index contributed by atoms with van der Waals surface area (Å²) < 4.78 is 0. The van der Waals surface area contributed by atoms with Crippen LogP contribution in [0.2, 0.25) is 0 Å². The van der Waals surface area contributed by atoms with Crippen LogP contribution in [-0.2, 0) is 13.0 Å². The van der Waals surface area contributed by atoms with Crippen molar-refractivity contribution in [2.45, 2.75) is 19.9 Å². The van der Waals surface area contributed by atoms with Gasteiger partial charge in [0.2, 0.25) is 0 Å². The minimum atomic E-state index is 1.03. The van der Waals surface area contributed by atoms with Crippen molar-refractivity contribution in [2.75, 3.05) is 6.54 Å². The van der Waals surface area contributed by atoms with Crippen LogP contribution in [0.1, 0.15) is 15.6 Å². The highest BCUT2D eigenvalue weighted by atomic mass is 32.1.